The monoisotopic (exact) mass is 310 g/mol. The minimum absolute atomic E-state index is 0.185. The number of fused-ring (bicyclic) bond motifs is 1. The third-order valence-corrected chi connectivity index (χ3v) is 3.51. The minimum atomic E-state index is -0.185. The highest BCUT2D eigenvalue weighted by Gasteiger charge is 2.11. The molecule has 0 atom stereocenters. The SMILES string of the molecule is COc1ccc(C(=O)Nc2ccc3nc(C(C)C)oc3c2)cc1. The van der Waals surface area contributed by atoms with Crippen molar-refractivity contribution in [3.63, 3.8) is 0 Å². The summed E-state index contributed by atoms with van der Waals surface area (Å²) in [7, 11) is 1.59. The Morgan fingerprint density at radius 2 is 1.91 bits per heavy atom. The van der Waals surface area contributed by atoms with E-state index in [1.165, 1.54) is 0 Å². The molecule has 0 radical (unpaired) electrons. The van der Waals surface area contributed by atoms with E-state index in [4.69, 9.17) is 9.15 Å². The Morgan fingerprint density at radius 3 is 2.57 bits per heavy atom. The largest absolute Gasteiger partial charge is 0.497 e. The standard InChI is InChI=1S/C18H18N2O3/c1-11(2)18-20-15-9-6-13(10-16(15)23-18)19-17(21)12-4-7-14(22-3)8-5-12/h4-11H,1-3H3,(H,19,21). The Bertz CT molecular complexity index is 835. The molecular weight excluding hydrogens is 292 g/mol. The van der Waals surface area contributed by atoms with Gasteiger partial charge in [0.1, 0.15) is 11.3 Å². The molecule has 1 aromatic heterocycles. The first kappa shape index (κ1) is 15.1. The molecular formula is C18H18N2O3. The maximum absolute atomic E-state index is 12.3. The average Bonchev–Trinajstić information content (AvgIpc) is 2.98. The third-order valence-electron chi connectivity index (χ3n) is 3.51. The van der Waals surface area contributed by atoms with Crippen LogP contribution in [0.3, 0.4) is 0 Å². The molecule has 3 rings (SSSR count). The number of hydrogen-bond acceptors (Lipinski definition) is 4. The number of anilines is 1. The molecule has 0 unspecified atom stereocenters. The number of nitrogens with one attached hydrogen (secondary N) is 1. The van der Waals surface area contributed by atoms with Crippen LogP contribution in [0.5, 0.6) is 5.75 Å². The van der Waals surface area contributed by atoms with E-state index < -0.39 is 0 Å². The molecule has 5 heteroatoms. The lowest BCUT2D eigenvalue weighted by atomic mass is 10.2. The lowest BCUT2D eigenvalue weighted by Gasteiger charge is -2.06. The molecule has 0 bridgehead atoms. The van der Waals surface area contributed by atoms with Gasteiger partial charge >= 0.3 is 0 Å². The van der Waals surface area contributed by atoms with E-state index >= 15 is 0 Å². The molecule has 118 valence electrons. The number of methoxy groups -OCH3 is 1. The van der Waals surface area contributed by atoms with Crippen molar-refractivity contribution in [3.8, 4) is 5.75 Å². The Kier molecular flexibility index (Phi) is 4.02. The topological polar surface area (TPSA) is 64.4 Å². The van der Waals surface area contributed by atoms with Gasteiger partial charge in [0.15, 0.2) is 11.5 Å². The van der Waals surface area contributed by atoms with E-state index in [-0.39, 0.29) is 11.8 Å². The fourth-order valence-corrected chi connectivity index (χ4v) is 2.21. The van der Waals surface area contributed by atoms with Crippen LogP contribution in [0.2, 0.25) is 0 Å². The summed E-state index contributed by atoms with van der Waals surface area (Å²) < 4.78 is 10.8. The van der Waals surface area contributed by atoms with Crippen molar-refractivity contribution in [1.29, 1.82) is 0 Å². The highest BCUT2D eigenvalue weighted by atomic mass is 16.5. The van der Waals surface area contributed by atoms with Gasteiger partial charge in [0.2, 0.25) is 0 Å². The molecule has 0 aliphatic heterocycles. The van der Waals surface area contributed by atoms with E-state index in [1.807, 2.05) is 26.0 Å². The first-order valence-corrected chi connectivity index (χ1v) is 7.42. The van der Waals surface area contributed by atoms with Crippen LogP contribution in [-0.2, 0) is 0 Å². The maximum Gasteiger partial charge on any atom is 0.255 e. The number of benzene rings is 2. The summed E-state index contributed by atoms with van der Waals surface area (Å²) in [6.45, 7) is 4.05. The molecule has 1 N–H and O–H groups in total. The van der Waals surface area contributed by atoms with Crippen LogP contribution in [0.4, 0.5) is 5.69 Å². The third kappa shape index (κ3) is 3.18. The van der Waals surface area contributed by atoms with E-state index in [0.717, 1.165) is 5.52 Å². The number of rotatable bonds is 4. The number of carbonyl (C=O) groups is 1. The van der Waals surface area contributed by atoms with E-state index in [0.29, 0.717) is 28.5 Å². The van der Waals surface area contributed by atoms with Gasteiger partial charge in [0.05, 0.1) is 7.11 Å². The lowest BCUT2D eigenvalue weighted by molar-refractivity contribution is 0.102. The van der Waals surface area contributed by atoms with Gasteiger partial charge in [-0.15, -0.1) is 0 Å². The maximum atomic E-state index is 12.3. The average molecular weight is 310 g/mol. The molecule has 0 spiro atoms. The van der Waals surface area contributed by atoms with Crippen molar-refractivity contribution in [2.24, 2.45) is 0 Å². The summed E-state index contributed by atoms with van der Waals surface area (Å²) in [6, 6.07) is 12.4. The number of hydrogen-bond donors (Lipinski definition) is 1. The second-order valence-electron chi connectivity index (χ2n) is 5.57. The molecule has 2 aromatic carbocycles. The summed E-state index contributed by atoms with van der Waals surface area (Å²) in [5, 5.41) is 2.86. The zero-order chi connectivity index (χ0) is 16.4. The number of oxazole rings is 1. The van der Waals surface area contributed by atoms with Crippen molar-refractivity contribution in [2.45, 2.75) is 19.8 Å². The molecule has 1 amide bonds. The normalized spacial score (nSPS) is 11.0. The van der Waals surface area contributed by atoms with Gasteiger partial charge in [-0.05, 0) is 36.4 Å². The molecule has 0 aliphatic carbocycles. The summed E-state index contributed by atoms with van der Waals surface area (Å²) in [4.78, 5) is 16.7. The minimum Gasteiger partial charge on any atom is -0.497 e. The van der Waals surface area contributed by atoms with Crippen molar-refractivity contribution >= 4 is 22.7 Å². The highest BCUT2D eigenvalue weighted by molar-refractivity contribution is 6.04. The first-order chi connectivity index (χ1) is 11.1. The lowest BCUT2D eigenvalue weighted by Crippen LogP contribution is -2.11. The summed E-state index contributed by atoms with van der Waals surface area (Å²) in [5.41, 5.74) is 2.69. The summed E-state index contributed by atoms with van der Waals surface area (Å²) in [6.07, 6.45) is 0. The van der Waals surface area contributed by atoms with Crippen molar-refractivity contribution in [2.75, 3.05) is 12.4 Å². The van der Waals surface area contributed by atoms with Crippen LogP contribution in [-0.4, -0.2) is 18.0 Å². The zero-order valence-electron chi connectivity index (χ0n) is 13.3. The zero-order valence-corrected chi connectivity index (χ0v) is 13.3. The second-order valence-corrected chi connectivity index (χ2v) is 5.57. The van der Waals surface area contributed by atoms with Crippen LogP contribution in [0.1, 0.15) is 36.0 Å². The van der Waals surface area contributed by atoms with Crippen LogP contribution < -0.4 is 10.1 Å². The molecule has 3 aromatic rings. The number of amides is 1. The fraction of sp³-hybridized carbons (Fsp3) is 0.222. The van der Waals surface area contributed by atoms with Gasteiger partial charge in [-0.3, -0.25) is 4.79 Å². The molecule has 5 nitrogen and oxygen atoms in total. The van der Waals surface area contributed by atoms with Gasteiger partial charge < -0.3 is 14.5 Å². The number of aromatic nitrogens is 1. The Hall–Kier alpha value is -2.82. The molecule has 0 fully saturated rings. The van der Waals surface area contributed by atoms with Crippen molar-refractivity contribution in [1.82, 2.24) is 4.98 Å². The van der Waals surface area contributed by atoms with Gasteiger partial charge in [-0.2, -0.15) is 0 Å². The predicted octanol–water partition coefficient (Wildman–Crippen LogP) is 4.21. The summed E-state index contributed by atoms with van der Waals surface area (Å²) >= 11 is 0. The van der Waals surface area contributed by atoms with Gasteiger partial charge in [-0.1, -0.05) is 13.8 Å². The van der Waals surface area contributed by atoms with E-state index in [9.17, 15) is 4.79 Å². The van der Waals surface area contributed by atoms with Crippen molar-refractivity contribution < 1.29 is 13.9 Å². The Balaban J connectivity index is 1.81. The highest BCUT2D eigenvalue weighted by Crippen LogP contribution is 2.24. The van der Waals surface area contributed by atoms with E-state index in [2.05, 4.69) is 10.3 Å². The Labute approximate surface area is 134 Å². The molecule has 0 saturated heterocycles. The van der Waals surface area contributed by atoms with Crippen LogP contribution in [0.25, 0.3) is 11.1 Å². The molecule has 23 heavy (non-hydrogen) atoms. The van der Waals surface area contributed by atoms with Gasteiger partial charge in [0, 0.05) is 23.2 Å². The van der Waals surface area contributed by atoms with Crippen LogP contribution in [0, 0.1) is 0 Å². The number of carbonyl (C=O) groups excluding carboxylic acids is 1. The second kappa shape index (κ2) is 6.12. The number of nitrogens with zero attached hydrogens (tertiary/aromatic N) is 1. The molecule has 0 aliphatic rings. The molecule has 0 saturated carbocycles. The fourth-order valence-electron chi connectivity index (χ4n) is 2.21. The van der Waals surface area contributed by atoms with Gasteiger partial charge in [0.25, 0.3) is 5.91 Å². The Morgan fingerprint density at radius 1 is 1.17 bits per heavy atom. The van der Waals surface area contributed by atoms with Crippen molar-refractivity contribution in [3.05, 3.63) is 53.9 Å². The summed E-state index contributed by atoms with van der Waals surface area (Å²) in [5.74, 6) is 1.44. The van der Waals surface area contributed by atoms with Gasteiger partial charge in [-0.25, -0.2) is 4.98 Å². The first-order valence-electron chi connectivity index (χ1n) is 7.42. The van der Waals surface area contributed by atoms with Crippen LogP contribution >= 0.6 is 0 Å². The predicted molar refractivity (Wildman–Crippen MR) is 89.0 cm³/mol. The smallest absolute Gasteiger partial charge is 0.255 e. The van der Waals surface area contributed by atoms with Crippen LogP contribution in [0.15, 0.2) is 46.9 Å². The number of ether oxygens (including phenoxy) is 1. The van der Waals surface area contributed by atoms with E-state index in [1.54, 1.807) is 37.4 Å². The quantitative estimate of drug-likeness (QED) is 0.784. The molecule has 1 heterocycles.